The molecule has 0 amide bonds. The Morgan fingerprint density at radius 1 is 1.00 bits per heavy atom. The number of esters is 1. The van der Waals surface area contributed by atoms with Crippen LogP contribution in [0.5, 0.6) is 0 Å². The van der Waals surface area contributed by atoms with Crippen LogP contribution in [0.3, 0.4) is 0 Å². The standard InChI is InChI=1S/C25H32O4/c1-4-5-6-7-20-8-10-21(11-9-20)22-12-14-23(15-13-22)24(17-28-3)18-29-25(27)19(2)16-26/h8-15,24,26H,2,4-7,16-18H2,1,3H3. The van der Waals surface area contributed by atoms with Gasteiger partial charge in [-0.1, -0.05) is 74.9 Å². The first kappa shape index (κ1) is 22.9. The molecule has 2 aromatic carbocycles. The second-order valence-electron chi connectivity index (χ2n) is 7.29. The Bertz CT molecular complexity index is 762. The number of benzene rings is 2. The summed E-state index contributed by atoms with van der Waals surface area (Å²) in [5.41, 5.74) is 4.80. The van der Waals surface area contributed by atoms with Crippen LogP contribution in [-0.4, -0.2) is 38.0 Å². The molecule has 0 heterocycles. The zero-order valence-corrected chi connectivity index (χ0v) is 17.5. The van der Waals surface area contributed by atoms with Crippen molar-refractivity contribution in [2.24, 2.45) is 0 Å². The van der Waals surface area contributed by atoms with Gasteiger partial charge in [-0.3, -0.25) is 0 Å². The number of unbranched alkanes of at least 4 members (excludes halogenated alkanes) is 2. The van der Waals surface area contributed by atoms with Gasteiger partial charge in [-0.05, 0) is 35.1 Å². The van der Waals surface area contributed by atoms with E-state index in [9.17, 15) is 4.79 Å². The number of rotatable bonds is 12. The van der Waals surface area contributed by atoms with Gasteiger partial charge in [0.2, 0.25) is 0 Å². The number of aliphatic hydroxyl groups excluding tert-OH is 1. The van der Waals surface area contributed by atoms with Gasteiger partial charge in [0.15, 0.2) is 0 Å². The van der Waals surface area contributed by atoms with Gasteiger partial charge in [-0.25, -0.2) is 4.79 Å². The van der Waals surface area contributed by atoms with Crippen LogP contribution in [0.4, 0.5) is 0 Å². The lowest BCUT2D eigenvalue weighted by molar-refractivity contribution is -0.140. The number of carbonyl (C=O) groups is 1. The number of hydrogen-bond donors (Lipinski definition) is 1. The quantitative estimate of drug-likeness (QED) is 0.315. The molecular weight excluding hydrogens is 364 g/mol. The van der Waals surface area contributed by atoms with Crippen molar-refractivity contribution in [1.29, 1.82) is 0 Å². The molecule has 0 aliphatic carbocycles. The number of aryl methyl sites for hydroxylation is 1. The monoisotopic (exact) mass is 396 g/mol. The zero-order valence-electron chi connectivity index (χ0n) is 17.5. The van der Waals surface area contributed by atoms with Gasteiger partial charge >= 0.3 is 5.97 Å². The molecule has 29 heavy (non-hydrogen) atoms. The van der Waals surface area contributed by atoms with E-state index in [-0.39, 0.29) is 18.1 Å². The summed E-state index contributed by atoms with van der Waals surface area (Å²) in [6.07, 6.45) is 4.88. The molecule has 1 unspecified atom stereocenters. The second-order valence-corrected chi connectivity index (χ2v) is 7.29. The third-order valence-corrected chi connectivity index (χ3v) is 5.00. The van der Waals surface area contributed by atoms with Crippen LogP contribution >= 0.6 is 0 Å². The number of carbonyl (C=O) groups excluding carboxylic acids is 1. The van der Waals surface area contributed by atoms with Crippen molar-refractivity contribution in [1.82, 2.24) is 0 Å². The van der Waals surface area contributed by atoms with E-state index in [2.05, 4.69) is 49.9 Å². The average Bonchev–Trinajstić information content (AvgIpc) is 2.76. The smallest absolute Gasteiger partial charge is 0.335 e. The molecule has 1 atom stereocenters. The maximum Gasteiger partial charge on any atom is 0.335 e. The predicted octanol–water partition coefficient (Wildman–Crippen LogP) is 4.91. The molecule has 0 aliphatic rings. The molecule has 1 N–H and O–H groups in total. The van der Waals surface area contributed by atoms with E-state index < -0.39 is 12.6 Å². The largest absolute Gasteiger partial charge is 0.462 e. The highest BCUT2D eigenvalue weighted by Gasteiger charge is 2.16. The van der Waals surface area contributed by atoms with Crippen molar-refractivity contribution >= 4 is 5.97 Å². The summed E-state index contributed by atoms with van der Waals surface area (Å²) >= 11 is 0. The molecule has 156 valence electrons. The first-order valence-corrected chi connectivity index (χ1v) is 10.2. The van der Waals surface area contributed by atoms with E-state index in [4.69, 9.17) is 14.6 Å². The topological polar surface area (TPSA) is 55.8 Å². The number of aliphatic hydroxyl groups is 1. The molecule has 4 nitrogen and oxygen atoms in total. The minimum atomic E-state index is -0.579. The van der Waals surface area contributed by atoms with Gasteiger partial charge in [0, 0.05) is 13.0 Å². The molecule has 0 saturated heterocycles. The maximum absolute atomic E-state index is 11.7. The van der Waals surface area contributed by atoms with E-state index in [0.717, 1.165) is 17.5 Å². The van der Waals surface area contributed by atoms with Crippen LogP contribution in [0.2, 0.25) is 0 Å². The van der Waals surface area contributed by atoms with Crippen LogP contribution < -0.4 is 0 Å². The molecule has 0 fully saturated rings. The summed E-state index contributed by atoms with van der Waals surface area (Å²) in [6.45, 7) is 5.92. The van der Waals surface area contributed by atoms with Gasteiger partial charge < -0.3 is 14.6 Å². The van der Waals surface area contributed by atoms with Gasteiger partial charge in [0.05, 0.1) is 18.8 Å². The van der Waals surface area contributed by atoms with Crippen LogP contribution in [0, 0.1) is 0 Å². The molecule has 2 rings (SSSR count). The molecule has 4 heteroatoms. The number of methoxy groups -OCH3 is 1. The average molecular weight is 397 g/mol. The highest BCUT2D eigenvalue weighted by atomic mass is 16.5. The molecule has 0 radical (unpaired) electrons. The van der Waals surface area contributed by atoms with Crippen LogP contribution in [0.1, 0.15) is 43.2 Å². The lowest BCUT2D eigenvalue weighted by Gasteiger charge is -2.17. The molecule has 2 aromatic rings. The Morgan fingerprint density at radius 2 is 1.62 bits per heavy atom. The van der Waals surface area contributed by atoms with Gasteiger partial charge in [-0.2, -0.15) is 0 Å². The van der Waals surface area contributed by atoms with E-state index in [1.165, 1.54) is 30.4 Å². The second kappa shape index (κ2) is 12.2. The zero-order chi connectivity index (χ0) is 21.1. The summed E-state index contributed by atoms with van der Waals surface area (Å²) in [5.74, 6) is -0.658. The van der Waals surface area contributed by atoms with Crippen molar-refractivity contribution in [3.05, 3.63) is 71.8 Å². The van der Waals surface area contributed by atoms with Crippen molar-refractivity contribution in [2.75, 3.05) is 26.9 Å². The van der Waals surface area contributed by atoms with E-state index in [0.29, 0.717) is 6.61 Å². The fourth-order valence-corrected chi connectivity index (χ4v) is 3.18. The summed E-state index contributed by atoms with van der Waals surface area (Å²) < 4.78 is 10.5. The van der Waals surface area contributed by atoms with Crippen molar-refractivity contribution in [2.45, 2.75) is 38.5 Å². The summed E-state index contributed by atoms with van der Waals surface area (Å²) in [6, 6.07) is 17.0. The predicted molar refractivity (Wildman–Crippen MR) is 117 cm³/mol. The molecule has 0 spiro atoms. The van der Waals surface area contributed by atoms with Crippen molar-refractivity contribution in [3.63, 3.8) is 0 Å². The molecule has 0 bridgehead atoms. The van der Waals surface area contributed by atoms with Crippen LogP contribution in [-0.2, 0) is 20.7 Å². The lowest BCUT2D eigenvalue weighted by Crippen LogP contribution is -2.18. The van der Waals surface area contributed by atoms with Crippen LogP contribution in [0.15, 0.2) is 60.7 Å². The van der Waals surface area contributed by atoms with Crippen molar-refractivity contribution < 1.29 is 19.4 Å². The Kier molecular flexibility index (Phi) is 9.62. The van der Waals surface area contributed by atoms with E-state index in [1.54, 1.807) is 7.11 Å². The van der Waals surface area contributed by atoms with Gasteiger partial charge in [0.25, 0.3) is 0 Å². The van der Waals surface area contributed by atoms with Gasteiger partial charge in [-0.15, -0.1) is 0 Å². The van der Waals surface area contributed by atoms with Crippen molar-refractivity contribution in [3.8, 4) is 11.1 Å². The first-order chi connectivity index (χ1) is 14.1. The summed E-state index contributed by atoms with van der Waals surface area (Å²) in [7, 11) is 1.62. The fraction of sp³-hybridized carbons (Fsp3) is 0.400. The Balaban J connectivity index is 2.02. The number of hydrogen-bond acceptors (Lipinski definition) is 4. The third-order valence-electron chi connectivity index (χ3n) is 5.00. The fourth-order valence-electron chi connectivity index (χ4n) is 3.18. The summed E-state index contributed by atoms with van der Waals surface area (Å²) in [4.78, 5) is 11.7. The van der Waals surface area contributed by atoms with E-state index in [1.807, 2.05) is 12.1 Å². The first-order valence-electron chi connectivity index (χ1n) is 10.2. The Hall–Kier alpha value is -2.43. The Labute approximate surface area is 174 Å². The highest BCUT2D eigenvalue weighted by Crippen LogP contribution is 2.24. The minimum absolute atomic E-state index is 0.0506. The lowest BCUT2D eigenvalue weighted by atomic mass is 9.96. The normalized spacial score (nSPS) is 11.8. The Morgan fingerprint density at radius 3 is 2.17 bits per heavy atom. The van der Waals surface area contributed by atoms with Crippen LogP contribution in [0.25, 0.3) is 11.1 Å². The van der Waals surface area contributed by atoms with E-state index >= 15 is 0 Å². The number of ether oxygens (including phenoxy) is 2. The molecular formula is C25H32O4. The minimum Gasteiger partial charge on any atom is -0.462 e. The molecule has 0 saturated carbocycles. The SMILES string of the molecule is C=C(CO)C(=O)OCC(COC)c1ccc(-c2ccc(CCCCC)cc2)cc1. The van der Waals surface area contributed by atoms with Gasteiger partial charge in [0.1, 0.15) is 6.61 Å². The summed E-state index contributed by atoms with van der Waals surface area (Å²) in [5, 5.41) is 8.98. The third kappa shape index (κ3) is 7.15. The molecule has 0 aliphatic heterocycles. The highest BCUT2D eigenvalue weighted by molar-refractivity contribution is 5.87. The molecule has 0 aromatic heterocycles. The maximum atomic E-state index is 11.7.